The van der Waals surface area contributed by atoms with Crippen LogP contribution in [0.25, 0.3) is 0 Å². The van der Waals surface area contributed by atoms with Crippen LogP contribution in [0.2, 0.25) is 0 Å². The molecule has 0 fully saturated rings. The van der Waals surface area contributed by atoms with E-state index in [4.69, 9.17) is 9.84 Å². The molecule has 0 atom stereocenters. The second-order valence-corrected chi connectivity index (χ2v) is 4.80. The normalized spacial score (nSPS) is 10.8. The van der Waals surface area contributed by atoms with Gasteiger partial charge in [0.25, 0.3) is 0 Å². The van der Waals surface area contributed by atoms with Crippen molar-refractivity contribution in [1.82, 2.24) is 15.3 Å². The van der Waals surface area contributed by atoms with Crippen LogP contribution in [0.4, 0.5) is 10.7 Å². The number of nitrogens with zero attached hydrogens (tertiary/aromatic N) is 2. The summed E-state index contributed by atoms with van der Waals surface area (Å²) in [4.78, 5) is 30.1. The second-order valence-electron chi connectivity index (χ2n) is 4.80. The van der Waals surface area contributed by atoms with E-state index in [0.29, 0.717) is 12.2 Å². The molecule has 0 aliphatic carbocycles. The van der Waals surface area contributed by atoms with Crippen molar-refractivity contribution >= 4 is 17.9 Å². The molecule has 3 N–H and O–H groups in total. The van der Waals surface area contributed by atoms with Gasteiger partial charge < -0.3 is 15.2 Å². The minimum atomic E-state index is -0.904. The number of aromatic nitrogens is 2. The maximum Gasteiger partial charge on any atom is 0.322 e. The van der Waals surface area contributed by atoms with Crippen LogP contribution < -0.4 is 15.4 Å². The van der Waals surface area contributed by atoms with Crippen molar-refractivity contribution in [3.8, 4) is 5.75 Å². The van der Waals surface area contributed by atoms with Crippen molar-refractivity contribution < 1.29 is 19.4 Å². The first-order chi connectivity index (χ1) is 9.32. The molecule has 0 saturated carbocycles. The van der Waals surface area contributed by atoms with Gasteiger partial charge in [-0.25, -0.2) is 14.8 Å². The van der Waals surface area contributed by atoms with Crippen molar-refractivity contribution in [2.75, 3.05) is 12.4 Å². The molecule has 1 heterocycles. The van der Waals surface area contributed by atoms with Gasteiger partial charge >= 0.3 is 12.0 Å². The lowest BCUT2D eigenvalue weighted by molar-refractivity contribution is -0.137. The Labute approximate surface area is 116 Å². The number of carbonyl (C=O) groups excluding carboxylic acids is 1. The summed E-state index contributed by atoms with van der Waals surface area (Å²) >= 11 is 0. The molecule has 20 heavy (non-hydrogen) atoms. The lowest BCUT2D eigenvalue weighted by Crippen LogP contribution is -2.46. The number of amides is 2. The fraction of sp³-hybridized carbons (Fsp3) is 0.500. The zero-order valence-corrected chi connectivity index (χ0v) is 11.6. The Morgan fingerprint density at radius 1 is 1.35 bits per heavy atom. The molecule has 2 amide bonds. The van der Waals surface area contributed by atoms with Gasteiger partial charge in [-0.2, -0.15) is 0 Å². The summed E-state index contributed by atoms with van der Waals surface area (Å²) in [5.74, 6) is -0.283. The van der Waals surface area contributed by atoms with Crippen LogP contribution in [0.15, 0.2) is 12.4 Å². The Kier molecular flexibility index (Phi) is 5.24. The lowest BCUT2D eigenvalue weighted by atomic mass is 9.99. The highest BCUT2D eigenvalue weighted by Gasteiger charge is 2.21. The van der Waals surface area contributed by atoms with E-state index < -0.39 is 17.5 Å². The minimum absolute atomic E-state index is 0.0215. The SMILES string of the molecule is COc1cnc(NC(=O)NC(C)(C)CCC(=O)O)nc1. The number of aliphatic carboxylic acids is 1. The summed E-state index contributed by atoms with van der Waals surface area (Å²) in [6.45, 7) is 3.48. The highest BCUT2D eigenvalue weighted by molar-refractivity contribution is 5.87. The number of hydrogen-bond acceptors (Lipinski definition) is 5. The van der Waals surface area contributed by atoms with E-state index in [9.17, 15) is 9.59 Å². The number of hydrogen-bond donors (Lipinski definition) is 3. The maximum atomic E-state index is 11.7. The van der Waals surface area contributed by atoms with Gasteiger partial charge in [0.05, 0.1) is 19.5 Å². The molecule has 1 aromatic rings. The number of carbonyl (C=O) groups is 2. The van der Waals surface area contributed by atoms with Crippen LogP contribution in [-0.4, -0.2) is 39.7 Å². The van der Waals surface area contributed by atoms with Gasteiger partial charge in [-0.05, 0) is 20.3 Å². The van der Waals surface area contributed by atoms with Crippen molar-refractivity contribution in [3.63, 3.8) is 0 Å². The molecule has 8 nitrogen and oxygen atoms in total. The Bertz CT molecular complexity index is 473. The minimum Gasteiger partial charge on any atom is -0.494 e. The number of carboxylic acid groups (broad SMARTS) is 1. The summed E-state index contributed by atoms with van der Waals surface area (Å²) < 4.78 is 4.90. The number of methoxy groups -OCH3 is 1. The Hall–Kier alpha value is -2.38. The van der Waals surface area contributed by atoms with E-state index in [1.165, 1.54) is 19.5 Å². The molecule has 8 heteroatoms. The number of carboxylic acids is 1. The molecule has 0 spiro atoms. The summed E-state index contributed by atoms with van der Waals surface area (Å²) in [6, 6.07) is -0.495. The summed E-state index contributed by atoms with van der Waals surface area (Å²) in [6.07, 6.45) is 3.15. The zero-order chi connectivity index (χ0) is 15.2. The number of urea groups is 1. The largest absolute Gasteiger partial charge is 0.494 e. The van der Waals surface area contributed by atoms with E-state index in [2.05, 4.69) is 20.6 Å². The van der Waals surface area contributed by atoms with Gasteiger partial charge in [0, 0.05) is 12.0 Å². The van der Waals surface area contributed by atoms with E-state index in [1.807, 2.05) is 0 Å². The maximum absolute atomic E-state index is 11.7. The molecule has 0 aliphatic heterocycles. The van der Waals surface area contributed by atoms with E-state index in [-0.39, 0.29) is 12.4 Å². The van der Waals surface area contributed by atoms with Gasteiger partial charge in [-0.3, -0.25) is 10.1 Å². The lowest BCUT2D eigenvalue weighted by Gasteiger charge is -2.25. The summed E-state index contributed by atoms with van der Waals surface area (Å²) in [5, 5.41) is 13.8. The van der Waals surface area contributed by atoms with Crippen molar-refractivity contribution in [2.45, 2.75) is 32.2 Å². The fourth-order valence-electron chi connectivity index (χ4n) is 1.41. The molecule has 0 unspecified atom stereocenters. The Balaban J connectivity index is 2.51. The third-order valence-corrected chi connectivity index (χ3v) is 2.50. The molecule has 0 bridgehead atoms. The molecule has 1 aromatic heterocycles. The topological polar surface area (TPSA) is 113 Å². The van der Waals surface area contributed by atoms with Gasteiger partial charge in [-0.1, -0.05) is 0 Å². The molecular formula is C12H18N4O4. The standard InChI is InChI=1S/C12H18N4O4/c1-12(2,5-4-9(17)18)16-11(19)15-10-13-6-8(20-3)7-14-10/h6-7H,4-5H2,1-3H3,(H,17,18)(H2,13,14,15,16,19). The third kappa shape index (κ3) is 5.51. The molecule has 0 aromatic carbocycles. The number of rotatable bonds is 6. The molecule has 0 radical (unpaired) electrons. The average Bonchev–Trinajstić information content (AvgIpc) is 2.37. The van der Waals surface area contributed by atoms with Crippen LogP contribution >= 0.6 is 0 Å². The molecule has 1 rings (SSSR count). The first-order valence-corrected chi connectivity index (χ1v) is 5.99. The van der Waals surface area contributed by atoms with E-state index in [1.54, 1.807) is 13.8 Å². The van der Waals surface area contributed by atoms with Gasteiger partial charge in [0.2, 0.25) is 5.95 Å². The van der Waals surface area contributed by atoms with Crippen LogP contribution in [0, 0.1) is 0 Å². The summed E-state index contributed by atoms with van der Waals surface area (Å²) in [5.41, 5.74) is -0.644. The average molecular weight is 282 g/mol. The van der Waals surface area contributed by atoms with Crippen LogP contribution in [-0.2, 0) is 4.79 Å². The smallest absolute Gasteiger partial charge is 0.322 e. The van der Waals surface area contributed by atoms with Crippen molar-refractivity contribution in [1.29, 1.82) is 0 Å². The quantitative estimate of drug-likeness (QED) is 0.723. The fourth-order valence-corrected chi connectivity index (χ4v) is 1.41. The Morgan fingerprint density at radius 2 is 1.95 bits per heavy atom. The predicted molar refractivity (Wildman–Crippen MR) is 71.7 cm³/mol. The highest BCUT2D eigenvalue weighted by Crippen LogP contribution is 2.12. The van der Waals surface area contributed by atoms with Crippen LogP contribution in [0.1, 0.15) is 26.7 Å². The van der Waals surface area contributed by atoms with E-state index >= 15 is 0 Å². The first kappa shape index (κ1) is 15.7. The predicted octanol–water partition coefficient (Wildman–Crippen LogP) is 1.25. The molecule has 0 aliphatic rings. The van der Waals surface area contributed by atoms with Gasteiger partial charge in [0.1, 0.15) is 0 Å². The highest BCUT2D eigenvalue weighted by atomic mass is 16.5. The number of ether oxygens (including phenoxy) is 1. The third-order valence-electron chi connectivity index (χ3n) is 2.50. The van der Waals surface area contributed by atoms with Gasteiger partial charge in [0.15, 0.2) is 5.75 Å². The number of nitrogens with one attached hydrogen (secondary N) is 2. The van der Waals surface area contributed by atoms with Crippen molar-refractivity contribution in [3.05, 3.63) is 12.4 Å². The van der Waals surface area contributed by atoms with Crippen LogP contribution in [0.3, 0.4) is 0 Å². The summed E-state index contributed by atoms with van der Waals surface area (Å²) in [7, 11) is 1.49. The molecule has 110 valence electrons. The number of anilines is 1. The zero-order valence-electron chi connectivity index (χ0n) is 11.6. The second kappa shape index (κ2) is 6.69. The molecular weight excluding hydrogens is 264 g/mol. The van der Waals surface area contributed by atoms with E-state index in [0.717, 1.165) is 0 Å². The van der Waals surface area contributed by atoms with Gasteiger partial charge in [-0.15, -0.1) is 0 Å². The Morgan fingerprint density at radius 3 is 2.45 bits per heavy atom. The van der Waals surface area contributed by atoms with Crippen molar-refractivity contribution in [2.24, 2.45) is 0 Å². The van der Waals surface area contributed by atoms with Crippen LogP contribution in [0.5, 0.6) is 5.75 Å². The first-order valence-electron chi connectivity index (χ1n) is 5.99. The monoisotopic (exact) mass is 282 g/mol. The molecule has 0 saturated heterocycles.